The third-order valence-corrected chi connectivity index (χ3v) is 3.53. The van der Waals surface area contributed by atoms with Gasteiger partial charge in [-0.1, -0.05) is 32.9 Å². The van der Waals surface area contributed by atoms with Crippen LogP contribution in [0.1, 0.15) is 37.6 Å². The van der Waals surface area contributed by atoms with Crippen LogP contribution < -0.4 is 0 Å². The quantitative estimate of drug-likeness (QED) is 0.679. The maximum atomic E-state index is 11.9. The molecule has 1 aliphatic heterocycles. The van der Waals surface area contributed by atoms with Crippen molar-refractivity contribution in [2.45, 2.75) is 26.2 Å². The Morgan fingerprint density at radius 3 is 2.45 bits per heavy atom. The molecule has 1 aliphatic rings. The number of nitrogens with one attached hydrogen (secondary N) is 1. The van der Waals surface area contributed by atoms with Crippen molar-refractivity contribution < 1.29 is 9.53 Å². The van der Waals surface area contributed by atoms with Gasteiger partial charge in [-0.3, -0.25) is 0 Å². The highest BCUT2D eigenvalue weighted by molar-refractivity contribution is 6.12. The van der Waals surface area contributed by atoms with Crippen LogP contribution in [0.4, 0.5) is 0 Å². The zero-order chi connectivity index (χ0) is 15.7. The number of carbonyl (C=O) groups is 1. The number of aromatic nitrogens is 1. The summed E-state index contributed by atoms with van der Waals surface area (Å²) in [7, 11) is 0. The van der Waals surface area contributed by atoms with Crippen LogP contribution in [0.2, 0.25) is 0 Å². The second-order valence-corrected chi connectivity index (χ2v) is 6.29. The number of hydrogen-bond donors (Lipinski definition) is 1. The molecule has 112 valence electrons. The van der Waals surface area contributed by atoms with Crippen molar-refractivity contribution in [1.29, 1.82) is 0 Å². The molecule has 0 atom stereocenters. The normalized spacial score (nSPS) is 16.8. The van der Waals surface area contributed by atoms with Crippen LogP contribution in [0.5, 0.6) is 0 Å². The summed E-state index contributed by atoms with van der Waals surface area (Å²) < 4.78 is 5.26. The lowest BCUT2D eigenvalue weighted by Crippen LogP contribution is -2.11. The van der Waals surface area contributed by atoms with E-state index in [4.69, 9.17) is 4.74 Å². The Morgan fingerprint density at radius 2 is 1.86 bits per heavy atom. The Hall–Kier alpha value is -2.62. The number of H-pyrrole nitrogens is 1. The molecule has 0 saturated carbocycles. The van der Waals surface area contributed by atoms with E-state index in [0.29, 0.717) is 11.6 Å². The van der Waals surface area contributed by atoms with Crippen LogP contribution in [0.3, 0.4) is 0 Å². The van der Waals surface area contributed by atoms with Crippen LogP contribution in [-0.2, 0) is 14.9 Å². The van der Waals surface area contributed by atoms with Crippen LogP contribution in [0.25, 0.3) is 6.08 Å². The van der Waals surface area contributed by atoms with Gasteiger partial charge in [-0.15, -0.1) is 0 Å². The lowest BCUT2D eigenvalue weighted by Gasteiger charge is -2.18. The number of cyclic esters (lactones) is 1. The van der Waals surface area contributed by atoms with E-state index >= 15 is 0 Å². The van der Waals surface area contributed by atoms with E-state index in [-0.39, 0.29) is 5.41 Å². The van der Waals surface area contributed by atoms with Gasteiger partial charge in [0.05, 0.1) is 0 Å². The number of esters is 1. The van der Waals surface area contributed by atoms with Crippen molar-refractivity contribution in [3.05, 3.63) is 65.1 Å². The van der Waals surface area contributed by atoms with Gasteiger partial charge in [-0.2, -0.15) is 0 Å². The maximum Gasteiger partial charge on any atom is 0.363 e. The average molecular weight is 294 g/mol. The number of ether oxygens (including phenoxy) is 1. The van der Waals surface area contributed by atoms with E-state index in [1.165, 1.54) is 5.56 Å². The van der Waals surface area contributed by atoms with E-state index in [1.54, 1.807) is 12.3 Å². The number of rotatable bonds is 2. The molecular formula is C18H18N2O2. The molecule has 1 aromatic carbocycles. The first-order chi connectivity index (χ1) is 10.4. The number of hydrogen-bond acceptors (Lipinski definition) is 3. The minimum atomic E-state index is -0.426. The predicted molar refractivity (Wildman–Crippen MR) is 86.5 cm³/mol. The maximum absolute atomic E-state index is 11.9. The Bertz CT molecular complexity index is 745. The van der Waals surface area contributed by atoms with Crippen molar-refractivity contribution >= 4 is 17.9 Å². The lowest BCUT2D eigenvalue weighted by atomic mass is 9.87. The Labute approximate surface area is 129 Å². The fourth-order valence-corrected chi connectivity index (χ4v) is 2.23. The Kier molecular flexibility index (Phi) is 3.45. The fourth-order valence-electron chi connectivity index (χ4n) is 2.23. The summed E-state index contributed by atoms with van der Waals surface area (Å²) in [5.41, 5.74) is 3.24. The molecule has 0 radical (unpaired) electrons. The van der Waals surface area contributed by atoms with E-state index in [0.717, 1.165) is 11.3 Å². The van der Waals surface area contributed by atoms with Gasteiger partial charge in [0.15, 0.2) is 5.70 Å². The van der Waals surface area contributed by atoms with Crippen molar-refractivity contribution in [3.63, 3.8) is 0 Å². The summed E-state index contributed by atoms with van der Waals surface area (Å²) >= 11 is 0. The molecule has 22 heavy (non-hydrogen) atoms. The standard InChI is InChI=1S/C18H18N2O2/c1-18(2,3)13-8-6-12(7-9-13)16-20-15(17(21)22-16)11-14-5-4-10-19-14/h4-11,19H,1-3H3. The molecule has 3 rings (SSSR count). The molecule has 0 aliphatic carbocycles. The first-order valence-electron chi connectivity index (χ1n) is 7.20. The predicted octanol–water partition coefficient (Wildman–Crippen LogP) is 3.66. The van der Waals surface area contributed by atoms with Crippen molar-refractivity contribution in [2.75, 3.05) is 0 Å². The number of aromatic amines is 1. The number of nitrogens with zero attached hydrogens (tertiary/aromatic N) is 1. The molecule has 2 aromatic rings. The molecule has 4 heteroatoms. The molecule has 0 fully saturated rings. The summed E-state index contributed by atoms with van der Waals surface area (Å²) in [6.45, 7) is 6.48. The van der Waals surface area contributed by atoms with Gasteiger partial charge >= 0.3 is 5.97 Å². The van der Waals surface area contributed by atoms with Gasteiger partial charge in [0.2, 0.25) is 5.90 Å². The average Bonchev–Trinajstić information content (AvgIpc) is 3.09. The first kappa shape index (κ1) is 14.3. The minimum absolute atomic E-state index is 0.0887. The molecule has 0 spiro atoms. The third kappa shape index (κ3) is 2.86. The van der Waals surface area contributed by atoms with Crippen LogP contribution >= 0.6 is 0 Å². The number of carbonyl (C=O) groups excluding carboxylic acids is 1. The van der Waals surface area contributed by atoms with Crippen molar-refractivity contribution in [3.8, 4) is 0 Å². The highest BCUT2D eigenvalue weighted by Crippen LogP contribution is 2.24. The van der Waals surface area contributed by atoms with Gasteiger partial charge in [0.25, 0.3) is 0 Å². The Balaban J connectivity index is 1.88. The third-order valence-electron chi connectivity index (χ3n) is 3.53. The van der Waals surface area contributed by atoms with Gasteiger partial charge in [0.1, 0.15) is 0 Å². The van der Waals surface area contributed by atoms with E-state index in [1.807, 2.05) is 36.4 Å². The van der Waals surface area contributed by atoms with Gasteiger partial charge in [0, 0.05) is 17.5 Å². The molecule has 2 heterocycles. The highest BCUT2D eigenvalue weighted by atomic mass is 16.6. The largest absolute Gasteiger partial charge is 0.402 e. The minimum Gasteiger partial charge on any atom is -0.402 e. The van der Waals surface area contributed by atoms with Crippen molar-refractivity contribution in [1.82, 2.24) is 4.98 Å². The molecule has 1 N–H and O–H groups in total. The fraction of sp³-hybridized carbons (Fsp3) is 0.222. The molecule has 4 nitrogen and oxygen atoms in total. The monoisotopic (exact) mass is 294 g/mol. The SMILES string of the molecule is CC(C)(C)c1ccc(C2=NC(=Cc3ccc[nH]3)C(=O)O2)cc1. The summed E-state index contributed by atoms with van der Waals surface area (Å²) in [5, 5.41) is 0. The summed E-state index contributed by atoms with van der Waals surface area (Å²) in [6, 6.07) is 11.7. The van der Waals surface area contributed by atoms with E-state index in [2.05, 4.69) is 30.7 Å². The zero-order valence-corrected chi connectivity index (χ0v) is 12.9. The second-order valence-electron chi connectivity index (χ2n) is 6.29. The van der Waals surface area contributed by atoms with Gasteiger partial charge in [-0.05, 0) is 41.3 Å². The van der Waals surface area contributed by atoms with Crippen LogP contribution in [0.15, 0.2) is 53.3 Å². The smallest absolute Gasteiger partial charge is 0.363 e. The van der Waals surface area contributed by atoms with E-state index < -0.39 is 5.97 Å². The summed E-state index contributed by atoms with van der Waals surface area (Å²) in [4.78, 5) is 19.2. The molecular weight excluding hydrogens is 276 g/mol. The summed E-state index contributed by atoms with van der Waals surface area (Å²) in [5.74, 6) is -0.0761. The van der Waals surface area contributed by atoms with E-state index in [9.17, 15) is 4.79 Å². The molecule has 0 saturated heterocycles. The zero-order valence-electron chi connectivity index (χ0n) is 12.9. The van der Waals surface area contributed by atoms with Crippen LogP contribution in [0, 0.1) is 0 Å². The highest BCUT2D eigenvalue weighted by Gasteiger charge is 2.24. The summed E-state index contributed by atoms with van der Waals surface area (Å²) in [6.07, 6.45) is 3.47. The molecule has 0 unspecified atom stereocenters. The van der Waals surface area contributed by atoms with Crippen LogP contribution in [-0.4, -0.2) is 16.9 Å². The molecule has 0 amide bonds. The number of benzene rings is 1. The van der Waals surface area contributed by atoms with Gasteiger partial charge in [-0.25, -0.2) is 9.79 Å². The molecule has 0 bridgehead atoms. The van der Waals surface area contributed by atoms with Crippen molar-refractivity contribution in [2.24, 2.45) is 4.99 Å². The lowest BCUT2D eigenvalue weighted by molar-refractivity contribution is -0.129. The van der Waals surface area contributed by atoms with Gasteiger partial charge < -0.3 is 9.72 Å². The second kappa shape index (κ2) is 5.30. The first-order valence-corrected chi connectivity index (χ1v) is 7.20. The number of aliphatic imine (C=N–C) groups is 1. The topological polar surface area (TPSA) is 54.5 Å². The Morgan fingerprint density at radius 1 is 1.14 bits per heavy atom. The molecule has 1 aromatic heterocycles.